The zero-order valence-electron chi connectivity index (χ0n) is 23.2. The van der Waals surface area contributed by atoms with Crippen molar-refractivity contribution in [1.82, 2.24) is 15.5 Å². The highest BCUT2D eigenvalue weighted by molar-refractivity contribution is 7.80. The third-order valence-electron chi connectivity index (χ3n) is 6.01. The molecule has 8 heteroatoms. The average Bonchev–Trinajstić information content (AvgIpc) is 2.79. The predicted octanol–water partition coefficient (Wildman–Crippen LogP) is 5.52. The molecule has 0 aromatic heterocycles. The van der Waals surface area contributed by atoms with Crippen LogP contribution in [0.2, 0.25) is 0 Å². The van der Waals surface area contributed by atoms with Crippen LogP contribution in [-0.4, -0.2) is 51.8 Å². The van der Waals surface area contributed by atoms with Crippen molar-refractivity contribution in [2.45, 2.75) is 104 Å². The molecule has 1 aromatic carbocycles. The number of rotatable bonds is 12. The molecule has 3 unspecified atom stereocenters. The van der Waals surface area contributed by atoms with Crippen LogP contribution in [0.25, 0.3) is 6.08 Å². The fourth-order valence-electron chi connectivity index (χ4n) is 3.85. The second-order valence-electron chi connectivity index (χ2n) is 10.7. The Bertz CT molecular complexity index is 910. The van der Waals surface area contributed by atoms with Crippen molar-refractivity contribution < 1.29 is 19.1 Å². The van der Waals surface area contributed by atoms with Crippen LogP contribution in [0.5, 0.6) is 0 Å². The molecule has 0 spiro atoms. The van der Waals surface area contributed by atoms with Crippen molar-refractivity contribution in [3.8, 4) is 0 Å². The van der Waals surface area contributed by atoms with Crippen molar-refractivity contribution in [2.24, 2.45) is 0 Å². The summed E-state index contributed by atoms with van der Waals surface area (Å²) in [5, 5.41) is 5.74. The first kappa shape index (κ1) is 31.5. The van der Waals surface area contributed by atoms with Crippen LogP contribution in [0, 0.1) is 0 Å². The van der Waals surface area contributed by atoms with E-state index in [9.17, 15) is 14.4 Å². The van der Waals surface area contributed by atoms with E-state index >= 15 is 0 Å². The molecule has 0 aliphatic carbocycles. The van der Waals surface area contributed by atoms with Crippen LogP contribution in [0.1, 0.15) is 91.8 Å². The van der Waals surface area contributed by atoms with Gasteiger partial charge in [0, 0.05) is 17.3 Å². The summed E-state index contributed by atoms with van der Waals surface area (Å²) in [6.07, 6.45) is 3.31. The van der Waals surface area contributed by atoms with Crippen LogP contribution in [-0.2, 0) is 14.3 Å². The SMILES string of the molecule is C=Cc1cccc(C(C(=O)NC(C)CCC)N(C(=O)C(CS)NC(=O)OC(C)(C)C)C(C)(C)CC)c1. The summed E-state index contributed by atoms with van der Waals surface area (Å²) < 4.78 is 5.37. The number of alkyl carbamates (subject to hydrolysis) is 1. The van der Waals surface area contributed by atoms with Gasteiger partial charge in [-0.3, -0.25) is 9.59 Å². The molecule has 7 nitrogen and oxygen atoms in total. The number of hydrogen-bond acceptors (Lipinski definition) is 5. The Morgan fingerprint density at radius 3 is 2.28 bits per heavy atom. The van der Waals surface area contributed by atoms with Gasteiger partial charge >= 0.3 is 6.09 Å². The summed E-state index contributed by atoms with van der Waals surface area (Å²) >= 11 is 4.35. The Labute approximate surface area is 222 Å². The van der Waals surface area contributed by atoms with Crippen LogP contribution in [0.15, 0.2) is 30.8 Å². The van der Waals surface area contributed by atoms with E-state index in [4.69, 9.17) is 4.74 Å². The lowest BCUT2D eigenvalue weighted by Gasteiger charge is -2.44. The summed E-state index contributed by atoms with van der Waals surface area (Å²) in [7, 11) is 0. The minimum Gasteiger partial charge on any atom is -0.444 e. The highest BCUT2D eigenvalue weighted by Gasteiger charge is 2.43. The van der Waals surface area contributed by atoms with Crippen molar-refractivity contribution in [3.63, 3.8) is 0 Å². The van der Waals surface area contributed by atoms with Gasteiger partial charge in [0.15, 0.2) is 0 Å². The van der Waals surface area contributed by atoms with Gasteiger partial charge in [-0.2, -0.15) is 12.6 Å². The summed E-state index contributed by atoms with van der Waals surface area (Å²) in [6.45, 7) is 18.9. The van der Waals surface area contributed by atoms with E-state index in [-0.39, 0.29) is 17.7 Å². The summed E-state index contributed by atoms with van der Waals surface area (Å²) in [5.41, 5.74) is 0.0677. The van der Waals surface area contributed by atoms with Gasteiger partial charge in [0.05, 0.1) is 0 Å². The topological polar surface area (TPSA) is 87.7 Å². The molecular formula is C28H45N3O4S. The Kier molecular flexibility index (Phi) is 12.0. The molecule has 0 aliphatic heterocycles. The smallest absolute Gasteiger partial charge is 0.408 e. The molecule has 36 heavy (non-hydrogen) atoms. The number of nitrogens with one attached hydrogen (secondary N) is 2. The predicted molar refractivity (Wildman–Crippen MR) is 150 cm³/mol. The monoisotopic (exact) mass is 519 g/mol. The molecule has 0 saturated carbocycles. The van der Waals surface area contributed by atoms with Gasteiger partial charge in [0.1, 0.15) is 17.7 Å². The van der Waals surface area contributed by atoms with E-state index in [1.807, 2.05) is 52.0 Å². The number of carbonyl (C=O) groups is 3. The normalized spacial score (nSPS) is 14.2. The van der Waals surface area contributed by atoms with E-state index < -0.39 is 35.2 Å². The number of hydrogen-bond donors (Lipinski definition) is 3. The third-order valence-corrected chi connectivity index (χ3v) is 6.37. The molecule has 0 aliphatic rings. The lowest BCUT2D eigenvalue weighted by molar-refractivity contribution is -0.149. The van der Waals surface area contributed by atoms with Gasteiger partial charge in [-0.1, -0.05) is 51.1 Å². The Balaban J connectivity index is 3.60. The first-order valence-corrected chi connectivity index (χ1v) is 13.3. The molecule has 1 aromatic rings. The summed E-state index contributed by atoms with van der Waals surface area (Å²) in [4.78, 5) is 42.0. The molecule has 1 rings (SSSR count). The Morgan fingerprint density at radius 1 is 1.14 bits per heavy atom. The van der Waals surface area contributed by atoms with Crippen LogP contribution >= 0.6 is 12.6 Å². The number of ether oxygens (including phenoxy) is 1. The zero-order valence-corrected chi connectivity index (χ0v) is 24.1. The maximum Gasteiger partial charge on any atom is 0.408 e. The first-order chi connectivity index (χ1) is 16.7. The molecule has 2 N–H and O–H groups in total. The lowest BCUT2D eigenvalue weighted by atomic mass is 9.91. The minimum atomic E-state index is -0.986. The summed E-state index contributed by atoms with van der Waals surface area (Å²) in [6, 6.07) is 5.47. The quantitative estimate of drug-likeness (QED) is 0.318. The molecule has 202 valence electrons. The van der Waals surface area contributed by atoms with Crippen LogP contribution in [0.3, 0.4) is 0 Å². The minimum absolute atomic E-state index is 0.0433. The number of benzene rings is 1. The number of nitrogens with zero attached hydrogens (tertiary/aromatic N) is 1. The molecule has 0 heterocycles. The van der Waals surface area contributed by atoms with Gasteiger partial charge in [-0.15, -0.1) is 0 Å². The van der Waals surface area contributed by atoms with Gasteiger partial charge in [-0.25, -0.2) is 4.79 Å². The Morgan fingerprint density at radius 2 is 1.78 bits per heavy atom. The van der Waals surface area contributed by atoms with Gasteiger partial charge < -0.3 is 20.3 Å². The van der Waals surface area contributed by atoms with Gasteiger partial charge in [0.25, 0.3) is 0 Å². The third kappa shape index (κ3) is 9.19. The highest BCUT2D eigenvalue weighted by atomic mass is 32.1. The number of amides is 3. The molecule has 0 bridgehead atoms. The highest BCUT2D eigenvalue weighted by Crippen LogP contribution is 2.33. The molecular weight excluding hydrogens is 474 g/mol. The van der Waals surface area contributed by atoms with Gasteiger partial charge in [0.2, 0.25) is 11.8 Å². The van der Waals surface area contributed by atoms with E-state index in [1.54, 1.807) is 31.7 Å². The molecule has 3 amide bonds. The average molecular weight is 520 g/mol. The van der Waals surface area contributed by atoms with E-state index in [1.165, 1.54) is 0 Å². The molecule has 0 saturated heterocycles. The van der Waals surface area contributed by atoms with E-state index in [0.29, 0.717) is 12.0 Å². The van der Waals surface area contributed by atoms with Crippen molar-refractivity contribution in [1.29, 1.82) is 0 Å². The van der Waals surface area contributed by atoms with Gasteiger partial charge in [-0.05, 0) is 71.6 Å². The molecule has 0 radical (unpaired) electrons. The van der Waals surface area contributed by atoms with Crippen LogP contribution < -0.4 is 10.6 Å². The largest absolute Gasteiger partial charge is 0.444 e. The van der Waals surface area contributed by atoms with Crippen LogP contribution in [0.4, 0.5) is 4.79 Å². The maximum absolute atomic E-state index is 14.1. The van der Waals surface area contributed by atoms with Crippen molar-refractivity contribution in [2.75, 3.05) is 5.75 Å². The number of carbonyl (C=O) groups excluding carboxylic acids is 3. The fraction of sp³-hybridized carbons (Fsp3) is 0.607. The molecule has 0 fully saturated rings. The second-order valence-corrected chi connectivity index (χ2v) is 11.1. The van der Waals surface area contributed by atoms with E-state index in [2.05, 4.69) is 36.8 Å². The van der Waals surface area contributed by atoms with E-state index in [0.717, 1.165) is 18.4 Å². The fourth-order valence-corrected chi connectivity index (χ4v) is 4.10. The summed E-state index contributed by atoms with van der Waals surface area (Å²) in [5.74, 6) is -0.640. The lowest BCUT2D eigenvalue weighted by Crippen LogP contribution is -2.60. The van der Waals surface area contributed by atoms with Crippen molar-refractivity contribution in [3.05, 3.63) is 42.0 Å². The standard InChI is InChI=1S/C28H45N3O4S/c1-10-14-19(4)29-24(32)23(21-16-13-15-20(11-2)17-21)31(28(8,9)12-3)25(33)22(18-36)30-26(34)35-27(5,6)7/h11,13,15-17,19,22-23,36H,2,10,12,14,18H2,1,3-9H3,(H,29,32)(H,30,34). The Hall–Kier alpha value is -2.48. The maximum atomic E-state index is 14.1. The first-order valence-electron chi connectivity index (χ1n) is 12.7. The zero-order chi connectivity index (χ0) is 27.7. The number of thiol groups is 1. The molecule has 3 atom stereocenters. The second kappa shape index (κ2) is 13.7. The van der Waals surface area contributed by atoms with Crippen molar-refractivity contribution >= 4 is 36.6 Å².